The number of carbonyl (C=O) groups is 1. The highest BCUT2D eigenvalue weighted by atomic mass is 127. The number of carbonyl (C=O) groups excluding carboxylic acids is 1. The molecule has 0 radical (unpaired) electrons. The van der Waals surface area contributed by atoms with Gasteiger partial charge in [-0.15, -0.1) is 5.10 Å². The molecule has 100 valence electrons. The normalized spacial score (nSPS) is 20.5. The van der Waals surface area contributed by atoms with Gasteiger partial charge in [-0.25, -0.2) is 0 Å². The number of rotatable bonds is 1. The van der Waals surface area contributed by atoms with Crippen LogP contribution in [0.15, 0.2) is 29.4 Å². The standard InChI is InChI=1S/C14H15IN2O2/c1-10(18)17-14(8-2-3-9-14)19-13(16-17)11-4-6-12(15)7-5-11/h4-7H,2-3,8-9H2,1H3. The highest BCUT2D eigenvalue weighted by Gasteiger charge is 2.49. The Hall–Kier alpha value is -1.11. The van der Waals surface area contributed by atoms with E-state index in [0.29, 0.717) is 5.90 Å². The first kappa shape index (κ1) is 12.9. The van der Waals surface area contributed by atoms with E-state index in [9.17, 15) is 4.79 Å². The van der Waals surface area contributed by atoms with Gasteiger partial charge in [0.05, 0.1) is 0 Å². The van der Waals surface area contributed by atoms with Crippen molar-refractivity contribution in [3.8, 4) is 0 Å². The molecule has 1 aromatic rings. The first-order valence-corrected chi connectivity index (χ1v) is 7.53. The molecule has 0 N–H and O–H groups in total. The predicted molar refractivity (Wildman–Crippen MR) is 80.5 cm³/mol. The molecule has 1 aliphatic heterocycles. The predicted octanol–water partition coefficient (Wildman–Crippen LogP) is 3.10. The van der Waals surface area contributed by atoms with Crippen molar-refractivity contribution in [3.63, 3.8) is 0 Å². The molecule has 1 fully saturated rings. The third kappa shape index (κ3) is 2.24. The van der Waals surface area contributed by atoms with Crippen LogP contribution in [-0.4, -0.2) is 22.5 Å². The van der Waals surface area contributed by atoms with Crippen LogP contribution < -0.4 is 0 Å². The molecule has 1 aromatic carbocycles. The SMILES string of the molecule is CC(=O)N1N=C(c2ccc(I)cc2)OC12CCCC2. The number of halogens is 1. The quantitative estimate of drug-likeness (QED) is 0.713. The summed E-state index contributed by atoms with van der Waals surface area (Å²) in [5, 5.41) is 5.93. The van der Waals surface area contributed by atoms with Gasteiger partial charge in [-0.05, 0) is 59.7 Å². The molecule has 1 amide bonds. The minimum Gasteiger partial charge on any atom is -0.447 e. The second-order valence-electron chi connectivity index (χ2n) is 5.00. The summed E-state index contributed by atoms with van der Waals surface area (Å²) in [6.07, 6.45) is 3.90. The van der Waals surface area contributed by atoms with Crippen molar-refractivity contribution < 1.29 is 9.53 Å². The molecule has 0 saturated heterocycles. The zero-order chi connectivity index (χ0) is 13.5. The van der Waals surface area contributed by atoms with Crippen molar-refractivity contribution in [1.29, 1.82) is 0 Å². The maximum atomic E-state index is 11.8. The molecule has 2 aliphatic rings. The van der Waals surface area contributed by atoms with Crippen LogP contribution in [0.25, 0.3) is 0 Å². The monoisotopic (exact) mass is 370 g/mol. The maximum Gasteiger partial charge on any atom is 0.243 e. The van der Waals surface area contributed by atoms with Crippen molar-refractivity contribution in [2.24, 2.45) is 5.10 Å². The van der Waals surface area contributed by atoms with Crippen molar-refractivity contribution >= 4 is 34.4 Å². The van der Waals surface area contributed by atoms with Crippen LogP contribution >= 0.6 is 22.6 Å². The number of benzene rings is 1. The lowest BCUT2D eigenvalue weighted by Gasteiger charge is -2.29. The summed E-state index contributed by atoms with van der Waals surface area (Å²) in [5.41, 5.74) is 0.403. The Bertz CT molecular complexity index is 533. The van der Waals surface area contributed by atoms with E-state index in [4.69, 9.17) is 4.74 Å². The van der Waals surface area contributed by atoms with E-state index in [2.05, 4.69) is 27.7 Å². The van der Waals surface area contributed by atoms with Crippen molar-refractivity contribution in [1.82, 2.24) is 5.01 Å². The zero-order valence-corrected chi connectivity index (χ0v) is 12.9. The van der Waals surface area contributed by atoms with E-state index in [1.165, 1.54) is 8.58 Å². The van der Waals surface area contributed by atoms with E-state index < -0.39 is 5.72 Å². The van der Waals surface area contributed by atoms with E-state index in [1.54, 1.807) is 6.92 Å². The molecular formula is C14H15IN2O2. The number of hydrogen-bond donors (Lipinski definition) is 0. The molecule has 1 heterocycles. The van der Waals surface area contributed by atoms with Crippen molar-refractivity contribution in [3.05, 3.63) is 33.4 Å². The average molecular weight is 370 g/mol. The Kier molecular flexibility index (Phi) is 3.24. The molecule has 1 aliphatic carbocycles. The summed E-state index contributed by atoms with van der Waals surface area (Å²) < 4.78 is 7.23. The van der Waals surface area contributed by atoms with Gasteiger partial charge in [-0.3, -0.25) is 4.79 Å². The van der Waals surface area contributed by atoms with Crippen LogP contribution in [0.2, 0.25) is 0 Å². The van der Waals surface area contributed by atoms with Gasteiger partial charge >= 0.3 is 0 Å². The number of hydrazone groups is 1. The van der Waals surface area contributed by atoms with Crippen LogP contribution in [0.1, 0.15) is 38.2 Å². The van der Waals surface area contributed by atoms with Crippen molar-refractivity contribution in [2.45, 2.75) is 38.3 Å². The minimum absolute atomic E-state index is 0.0533. The molecule has 0 unspecified atom stereocenters. The average Bonchev–Trinajstić information content (AvgIpc) is 2.99. The zero-order valence-electron chi connectivity index (χ0n) is 10.7. The summed E-state index contributed by atoms with van der Waals surface area (Å²) in [4.78, 5) is 11.8. The molecule has 0 atom stereocenters. The molecule has 4 nitrogen and oxygen atoms in total. The Morgan fingerprint density at radius 2 is 1.95 bits per heavy atom. The third-order valence-electron chi connectivity index (χ3n) is 3.64. The lowest BCUT2D eigenvalue weighted by atomic mass is 10.1. The van der Waals surface area contributed by atoms with Gasteiger partial charge in [0.25, 0.3) is 0 Å². The molecule has 1 saturated carbocycles. The van der Waals surface area contributed by atoms with Gasteiger partial charge in [0, 0.05) is 28.9 Å². The number of amides is 1. The van der Waals surface area contributed by atoms with E-state index >= 15 is 0 Å². The smallest absolute Gasteiger partial charge is 0.243 e. The second kappa shape index (κ2) is 4.77. The second-order valence-corrected chi connectivity index (χ2v) is 6.24. The summed E-state index contributed by atoms with van der Waals surface area (Å²) >= 11 is 2.26. The molecule has 0 aromatic heterocycles. The van der Waals surface area contributed by atoms with Gasteiger partial charge in [-0.2, -0.15) is 5.01 Å². The van der Waals surface area contributed by atoms with E-state index in [-0.39, 0.29) is 5.91 Å². The summed E-state index contributed by atoms with van der Waals surface area (Å²) in [7, 11) is 0. The first-order chi connectivity index (χ1) is 9.11. The molecule has 3 rings (SSSR count). The Morgan fingerprint density at radius 1 is 1.32 bits per heavy atom. The fourth-order valence-corrected chi connectivity index (χ4v) is 3.09. The highest BCUT2D eigenvalue weighted by Crippen LogP contribution is 2.41. The van der Waals surface area contributed by atoms with Crippen LogP contribution in [0.3, 0.4) is 0 Å². The van der Waals surface area contributed by atoms with Crippen LogP contribution in [0, 0.1) is 3.57 Å². The lowest BCUT2D eigenvalue weighted by molar-refractivity contribution is -0.146. The van der Waals surface area contributed by atoms with Crippen molar-refractivity contribution in [2.75, 3.05) is 0 Å². The van der Waals surface area contributed by atoms with Crippen LogP contribution in [0.5, 0.6) is 0 Å². The number of ether oxygens (including phenoxy) is 1. The molecule has 1 spiro atoms. The van der Waals surface area contributed by atoms with Gasteiger partial charge in [0.15, 0.2) is 0 Å². The summed E-state index contributed by atoms with van der Waals surface area (Å²) in [6, 6.07) is 7.98. The molecule has 0 bridgehead atoms. The third-order valence-corrected chi connectivity index (χ3v) is 4.36. The topological polar surface area (TPSA) is 41.9 Å². The van der Waals surface area contributed by atoms with E-state index in [1.807, 2.05) is 24.3 Å². The van der Waals surface area contributed by atoms with Gasteiger partial charge < -0.3 is 4.74 Å². The largest absolute Gasteiger partial charge is 0.447 e. The summed E-state index contributed by atoms with van der Waals surface area (Å²) in [6.45, 7) is 1.55. The Labute approximate surface area is 126 Å². The molecular weight excluding hydrogens is 355 g/mol. The fourth-order valence-electron chi connectivity index (χ4n) is 2.73. The first-order valence-electron chi connectivity index (χ1n) is 6.45. The van der Waals surface area contributed by atoms with Gasteiger partial charge in [0.2, 0.25) is 17.5 Å². The number of hydrogen-bond acceptors (Lipinski definition) is 3. The maximum absolute atomic E-state index is 11.8. The van der Waals surface area contributed by atoms with Gasteiger partial charge in [0.1, 0.15) is 0 Å². The Balaban J connectivity index is 1.94. The number of nitrogens with zero attached hydrogens (tertiary/aromatic N) is 2. The lowest BCUT2D eigenvalue weighted by Crippen LogP contribution is -2.44. The fraction of sp³-hybridized carbons (Fsp3) is 0.429. The van der Waals surface area contributed by atoms with E-state index in [0.717, 1.165) is 31.2 Å². The molecule has 5 heteroatoms. The van der Waals surface area contributed by atoms with Crippen LogP contribution in [-0.2, 0) is 9.53 Å². The minimum atomic E-state index is -0.524. The Morgan fingerprint density at radius 3 is 2.53 bits per heavy atom. The molecule has 19 heavy (non-hydrogen) atoms. The van der Waals surface area contributed by atoms with Gasteiger partial charge in [-0.1, -0.05) is 0 Å². The van der Waals surface area contributed by atoms with Crippen LogP contribution in [0.4, 0.5) is 0 Å². The summed E-state index contributed by atoms with van der Waals surface area (Å²) in [5.74, 6) is 0.510. The highest BCUT2D eigenvalue weighted by molar-refractivity contribution is 14.1.